The van der Waals surface area contributed by atoms with Crippen molar-refractivity contribution in [3.8, 4) is 5.19 Å². The summed E-state index contributed by atoms with van der Waals surface area (Å²) < 4.78 is 0. The first-order chi connectivity index (χ1) is 3.83. The maximum absolute atomic E-state index is 4.81. The molecular formula is C4H6N2OS. The molecule has 0 unspecified atom stereocenters. The minimum atomic E-state index is 0.516. The maximum atomic E-state index is 4.81. The zero-order valence-corrected chi connectivity index (χ0v) is 5.23. The van der Waals surface area contributed by atoms with Crippen molar-refractivity contribution in [1.29, 1.82) is 0 Å². The lowest BCUT2D eigenvalue weighted by atomic mass is 10.6. The highest BCUT2D eigenvalue weighted by atomic mass is 32.1. The van der Waals surface area contributed by atoms with Crippen LogP contribution in [0.15, 0.2) is 5.38 Å². The highest BCUT2D eigenvalue weighted by molar-refractivity contribution is 7.11. The Labute approximate surface area is 51.1 Å². The van der Waals surface area contributed by atoms with E-state index in [9.17, 15) is 0 Å². The van der Waals surface area contributed by atoms with E-state index >= 15 is 0 Å². The summed E-state index contributed by atoms with van der Waals surface area (Å²) in [6, 6.07) is 0. The molecule has 0 fully saturated rings. The number of nitrogens with two attached hydrogens (primary N) is 1. The number of hydrogen-bond donors (Lipinski definition) is 1. The van der Waals surface area contributed by atoms with Gasteiger partial charge in [-0.2, -0.15) is 5.90 Å². The fraction of sp³-hybridized carbons (Fsp3) is 0.250. The summed E-state index contributed by atoms with van der Waals surface area (Å²) in [5.74, 6) is 4.81. The van der Waals surface area contributed by atoms with Crippen molar-refractivity contribution >= 4 is 11.3 Å². The molecule has 1 rings (SSSR count). The van der Waals surface area contributed by atoms with Crippen molar-refractivity contribution in [2.75, 3.05) is 0 Å². The fourth-order valence-corrected chi connectivity index (χ4v) is 0.963. The Morgan fingerprint density at radius 3 is 2.88 bits per heavy atom. The number of rotatable bonds is 1. The number of aryl methyl sites for hydroxylation is 1. The van der Waals surface area contributed by atoms with E-state index in [0.29, 0.717) is 5.19 Å². The van der Waals surface area contributed by atoms with Crippen molar-refractivity contribution in [2.24, 2.45) is 5.90 Å². The quantitative estimate of drug-likeness (QED) is 0.569. The zero-order valence-electron chi connectivity index (χ0n) is 4.42. The molecule has 0 atom stereocenters. The van der Waals surface area contributed by atoms with Crippen LogP contribution in [0.3, 0.4) is 0 Å². The van der Waals surface area contributed by atoms with Gasteiger partial charge >= 0.3 is 0 Å². The highest BCUT2D eigenvalue weighted by Crippen LogP contribution is 2.14. The Kier molecular flexibility index (Phi) is 1.45. The summed E-state index contributed by atoms with van der Waals surface area (Å²) >= 11 is 1.39. The molecule has 0 aliphatic heterocycles. The van der Waals surface area contributed by atoms with Gasteiger partial charge in [0, 0.05) is 5.38 Å². The first-order valence-electron chi connectivity index (χ1n) is 2.12. The Bertz CT molecular complexity index is 174. The predicted molar refractivity (Wildman–Crippen MR) is 31.7 cm³/mol. The van der Waals surface area contributed by atoms with Crippen LogP contribution in [-0.4, -0.2) is 4.98 Å². The van der Waals surface area contributed by atoms with Gasteiger partial charge in [-0.15, -0.1) is 0 Å². The molecule has 4 heteroatoms. The smallest absolute Gasteiger partial charge is 0.294 e. The van der Waals surface area contributed by atoms with Crippen LogP contribution in [0.1, 0.15) is 5.69 Å². The molecular weight excluding hydrogens is 124 g/mol. The van der Waals surface area contributed by atoms with Crippen LogP contribution in [0.4, 0.5) is 0 Å². The molecule has 1 aromatic heterocycles. The van der Waals surface area contributed by atoms with Crippen molar-refractivity contribution < 1.29 is 4.84 Å². The van der Waals surface area contributed by atoms with E-state index in [4.69, 9.17) is 5.90 Å². The molecule has 3 nitrogen and oxygen atoms in total. The molecule has 44 valence electrons. The minimum Gasteiger partial charge on any atom is -0.380 e. The molecule has 8 heavy (non-hydrogen) atoms. The van der Waals surface area contributed by atoms with Crippen LogP contribution >= 0.6 is 11.3 Å². The minimum absolute atomic E-state index is 0.516. The van der Waals surface area contributed by atoms with Crippen LogP contribution in [0.2, 0.25) is 0 Å². The summed E-state index contributed by atoms with van der Waals surface area (Å²) in [6.07, 6.45) is 0. The molecule has 0 aromatic carbocycles. The van der Waals surface area contributed by atoms with Gasteiger partial charge < -0.3 is 4.84 Å². The van der Waals surface area contributed by atoms with Gasteiger partial charge in [0.25, 0.3) is 5.19 Å². The van der Waals surface area contributed by atoms with E-state index in [2.05, 4.69) is 9.82 Å². The molecule has 0 saturated carbocycles. The molecule has 2 N–H and O–H groups in total. The lowest BCUT2D eigenvalue weighted by Gasteiger charge is -1.84. The summed E-state index contributed by atoms with van der Waals surface area (Å²) in [4.78, 5) is 8.24. The van der Waals surface area contributed by atoms with Crippen LogP contribution < -0.4 is 10.7 Å². The molecule has 1 heterocycles. The van der Waals surface area contributed by atoms with Gasteiger partial charge in [-0.3, -0.25) is 0 Å². The lowest BCUT2D eigenvalue weighted by molar-refractivity contribution is 0.332. The van der Waals surface area contributed by atoms with Crippen molar-refractivity contribution in [3.05, 3.63) is 11.1 Å². The van der Waals surface area contributed by atoms with Gasteiger partial charge in [-0.25, -0.2) is 4.98 Å². The SMILES string of the molecule is Cc1csc(ON)n1. The van der Waals surface area contributed by atoms with Crippen LogP contribution in [-0.2, 0) is 0 Å². The monoisotopic (exact) mass is 130 g/mol. The van der Waals surface area contributed by atoms with Crippen LogP contribution in [0.5, 0.6) is 5.19 Å². The molecule has 0 saturated heterocycles. The Hall–Kier alpha value is -0.610. The van der Waals surface area contributed by atoms with Gasteiger partial charge in [0.05, 0.1) is 5.69 Å². The Balaban J connectivity index is 2.84. The maximum Gasteiger partial charge on any atom is 0.294 e. The average molecular weight is 130 g/mol. The fourth-order valence-electron chi connectivity index (χ4n) is 0.387. The van der Waals surface area contributed by atoms with E-state index < -0.39 is 0 Å². The molecule has 0 radical (unpaired) electrons. The second-order valence-corrected chi connectivity index (χ2v) is 2.19. The van der Waals surface area contributed by atoms with Gasteiger partial charge in [0.15, 0.2) is 0 Å². The van der Waals surface area contributed by atoms with E-state index in [1.807, 2.05) is 12.3 Å². The normalized spacial score (nSPS) is 9.25. The van der Waals surface area contributed by atoms with Crippen molar-refractivity contribution in [1.82, 2.24) is 4.98 Å². The first kappa shape index (κ1) is 5.53. The molecule has 0 aliphatic rings. The van der Waals surface area contributed by atoms with Gasteiger partial charge in [0.2, 0.25) is 0 Å². The first-order valence-corrected chi connectivity index (χ1v) is 3.00. The van der Waals surface area contributed by atoms with Crippen LogP contribution in [0, 0.1) is 6.92 Å². The summed E-state index contributed by atoms with van der Waals surface area (Å²) in [5.41, 5.74) is 0.940. The Morgan fingerprint density at radius 2 is 2.62 bits per heavy atom. The molecule has 1 aromatic rings. The highest BCUT2D eigenvalue weighted by Gasteiger charge is 1.93. The predicted octanol–water partition coefficient (Wildman–Crippen LogP) is 0.704. The zero-order chi connectivity index (χ0) is 5.98. The van der Waals surface area contributed by atoms with Gasteiger partial charge in [-0.1, -0.05) is 11.3 Å². The molecule has 0 aliphatic carbocycles. The Morgan fingerprint density at radius 1 is 1.88 bits per heavy atom. The second-order valence-electron chi connectivity index (χ2n) is 1.37. The third-order valence-electron chi connectivity index (χ3n) is 0.699. The summed E-state index contributed by atoms with van der Waals surface area (Å²) in [5, 5.41) is 2.39. The topological polar surface area (TPSA) is 48.1 Å². The lowest BCUT2D eigenvalue weighted by Crippen LogP contribution is -2.00. The molecule has 0 bridgehead atoms. The third kappa shape index (κ3) is 0.962. The van der Waals surface area contributed by atoms with E-state index in [0.717, 1.165) is 5.69 Å². The largest absolute Gasteiger partial charge is 0.380 e. The number of hydrogen-bond acceptors (Lipinski definition) is 4. The molecule has 0 amide bonds. The second kappa shape index (κ2) is 2.11. The average Bonchev–Trinajstić information content (AvgIpc) is 2.14. The summed E-state index contributed by atoms with van der Waals surface area (Å²) in [7, 11) is 0. The standard InChI is InChI=1S/C4H6N2OS/c1-3-2-8-4(6-3)7-5/h2H,5H2,1H3. The number of nitrogens with zero attached hydrogens (tertiary/aromatic N) is 1. The molecule has 0 spiro atoms. The number of thiazole rings is 1. The van der Waals surface area contributed by atoms with E-state index in [-0.39, 0.29) is 0 Å². The summed E-state index contributed by atoms with van der Waals surface area (Å²) in [6.45, 7) is 1.89. The van der Waals surface area contributed by atoms with Crippen molar-refractivity contribution in [3.63, 3.8) is 0 Å². The van der Waals surface area contributed by atoms with Gasteiger partial charge in [0.1, 0.15) is 0 Å². The number of aromatic nitrogens is 1. The van der Waals surface area contributed by atoms with Gasteiger partial charge in [-0.05, 0) is 6.92 Å². The van der Waals surface area contributed by atoms with Crippen molar-refractivity contribution in [2.45, 2.75) is 6.92 Å². The van der Waals surface area contributed by atoms with Crippen LogP contribution in [0.25, 0.3) is 0 Å². The van der Waals surface area contributed by atoms with E-state index in [1.165, 1.54) is 11.3 Å². The third-order valence-corrected chi connectivity index (χ3v) is 1.55. The van der Waals surface area contributed by atoms with E-state index in [1.54, 1.807) is 0 Å².